The van der Waals surface area contributed by atoms with Gasteiger partial charge in [0.25, 0.3) is 0 Å². The molecule has 0 spiro atoms. The number of nitrogens with zero attached hydrogens (tertiary/aromatic N) is 3. The van der Waals surface area contributed by atoms with Crippen molar-refractivity contribution in [1.29, 1.82) is 0 Å². The highest BCUT2D eigenvalue weighted by atomic mass is 16.5. The van der Waals surface area contributed by atoms with E-state index < -0.39 is 0 Å². The monoisotopic (exact) mass is 294 g/mol. The fourth-order valence-corrected chi connectivity index (χ4v) is 2.68. The van der Waals surface area contributed by atoms with E-state index >= 15 is 0 Å². The Kier molecular flexibility index (Phi) is 6.17. The normalized spacial score (nSPS) is 16.1. The van der Waals surface area contributed by atoms with Crippen LogP contribution in [0.15, 0.2) is 4.52 Å². The van der Waals surface area contributed by atoms with E-state index in [0.717, 1.165) is 51.0 Å². The predicted octanol–water partition coefficient (Wildman–Crippen LogP) is 1.56. The minimum Gasteiger partial charge on any atom is -0.343 e. The molecule has 118 valence electrons. The summed E-state index contributed by atoms with van der Waals surface area (Å²) < 4.78 is 5.18. The van der Waals surface area contributed by atoms with E-state index in [1.165, 1.54) is 0 Å². The van der Waals surface area contributed by atoms with Crippen LogP contribution in [0.2, 0.25) is 0 Å². The molecule has 6 heteroatoms. The minimum absolute atomic E-state index is 0.218. The first kappa shape index (κ1) is 15.9. The summed E-state index contributed by atoms with van der Waals surface area (Å²) in [4.78, 5) is 18.4. The van der Waals surface area contributed by atoms with Gasteiger partial charge in [-0.1, -0.05) is 12.1 Å². The van der Waals surface area contributed by atoms with Crippen molar-refractivity contribution >= 4 is 5.91 Å². The van der Waals surface area contributed by atoms with Crippen LogP contribution < -0.4 is 5.32 Å². The molecule has 1 saturated heterocycles. The Balaban J connectivity index is 1.70. The number of carbonyl (C=O) groups excluding carboxylic acids is 1. The summed E-state index contributed by atoms with van der Waals surface area (Å²) in [5, 5.41) is 7.24. The number of rotatable bonds is 7. The van der Waals surface area contributed by atoms with Crippen LogP contribution in [-0.2, 0) is 17.6 Å². The van der Waals surface area contributed by atoms with Gasteiger partial charge < -0.3 is 14.7 Å². The molecule has 1 aliphatic heterocycles. The second-order valence-corrected chi connectivity index (χ2v) is 5.69. The molecule has 21 heavy (non-hydrogen) atoms. The summed E-state index contributed by atoms with van der Waals surface area (Å²) in [5.74, 6) is 1.64. The SMILES string of the molecule is CCCc1noc(CCCC(=O)N(C)C2CCNCC2)n1. The topological polar surface area (TPSA) is 71.3 Å². The molecular weight excluding hydrogens is 268 g/mol. The van der Waals surface area contributed by atoms with E-state index in [1.54, 1.807) is 0 Å². The zero-order valence-electron chi connectivity index (χ0n) is 13.1. The lowest BCUT2D eigenvalue weighted by atomic mass is 10.0. The van der Waals surface area contributed by atoms with Gasteiger partial charge in [-0.2, -0.15) is 4.98 Å². The zero-order chi connectivity index (χ0) is 15.1. The molecule has 0 aliphatic carbocycles. The maximum atomic E-state index is 12.2. The van der Waals surface area contributed by atoms with E-state index in [1.807, 2.05) is 11.9 Å². The summed E-state index contributed by atoms with van der Waals surface area (Å²) in [6, 6.07) is 0.387. The van der Waals surface area contributed by atoms with Crippen molar-refractivity contribution in [2.24, 2.45) is 0 Å². The molecule has 0 aromatic carbocycles. The number of carbonyl (C=O) groups is 1. The Bertz CT molecular complexity index is 441. The van der Waals surface area contributed by atoms with Crippen LogP contribution in [-0.4, -0.2) is 47.1 Å². The maximum absolute atomic E-state index is 12.2. The molecule has 0 bridgehead atoms. The van der Waals surface area contributed by atoms with Crippen molar-refractivity contribution in [3.05, 3.63) is 11.7 Å². The first-order chi connectivity index (χ1) is 10.2. The smallest absolute Gasteiger partial charge is 0.226 e. The summed E-state index contributed by atoms with van der Waals surface area (Å²) in [6.45, 7) is 4.10. The first-order valence-electron chi connectivity index (χ1n) is 7.98. The van der Waals surface area contributed by atoms with Crippen LogP contribution in [0, 0.1) is 0 Å². The van der Waals surface area contributed by atoms with Crippen molar-refractivity contribution in [2.75, 3.05) is 20.1 Å². The minimum atomic E-state index is 0.218. The van der Waals surface area contributed by atoms with Crippen LogP contribution in [0.5, 0.6) is 0 Å². The van der Waals surface area contributed by atoms with Crippen molar-refractivity contribution < 1.29 is 9.32 Å². The highest BCUT2D eigenvalue weighted by molar-refractivity contribution is 5.76. The molecule has 0 saturated carbocycles. The Morgan fingerprint density at radius 2 is 2.14 bits per heavy atom. The number of hydrogen-bond acceptors (Lipinski definition) is 5. The third-order valence-electron chi connectivity index (χ3n) is 4.01. The number of aryl methyl sites for hydroxylation is 2. The van der Waals surface area contributed by atoms with Gasteiger partial charge in [0, 0.05) is 32.4 Å². The van der Waals surface area contributed by atoms with E-state index in [-0.39, 0.29) is 5.91 Å². The van der Waals surface area contributed by atoms with E-state index in [2.05, 4.69) is 22.4 Å². The third kappa shape index (κ3) is 4.81. The molecule has 1 aromatic heterocycles. The predicted molar refractivity (Wildman–Crippen MR) is 79.9 cm³/mol. The standard InChI is InChI=1S/C15H26N4O2/c1-3-5-13-17-14(21-18-13)6-4-7-15(20)19(2)12-8-10-16-11-9-12/h12,16H,3-11H2,1-2H3. The molecule has 1 N–H and O–H groups in total. The van der Waals surface area contributed by atoms with Crippen LogP contribution in [0.4, 0.5) is 0 Å². The molecular formula is C15H26N4O2. The van der Waals surface area contributed by atoms with Crippen molar-refractivity contribution in [3.63, 3.8) is 0 Å². The summed E-state index contributed by atoms with van der Waals surface area (Å²) in [6.07, 6.45) is 5.95. The molecule has 2 rings (SSSR count). The molecule has 1 amide bonds. The van der Waals surface area contributed by atoms with Gasteiger partial charge in [0.1, 0.15) is 0 Å². The van der Waals surface area contributed by atoms with Gasteiger partial charge in [0.05, 0.1) is 0 Å². The van der Waals surface area contributed by atoms with Gasteiger partial charge in [0.15, 0.2) is 5.82 Å². The van der Waals surface area contributed by atoms with E-state index in [0.29, 0.717) is 24.8 Å². The first-order valence-corrected chi connectivity index (χ1v) is 7.98. The third-order valence-corrected chi connectivity index (χ3v) is 4.01. The second kappa shape index (κ2) is 8.12. The maximum Gasteiger partial charge on any atom is 0.226 e. The summed E-state index contributed by atoms with van der Waals surface area (Å²) in [7, 11) is 1.92. The van der Waals surface area contributed by atoms with Crippen molar-refractivity contribution in [2.45, 2.75) is 57.9 Å². The number of hydrogen-bond donors (Lipinski definition) is 1. The molecule has 6 nitrogen and oxygen atoms in total. The van der Waals surface area contributed by atoms with Crippen molar-refractivity contribution in [1.82, 2.24) is 20.4 Å². The molecule has 0 unspecified atom stereocenters. The Labute approximate surface area is 126 Å². The van der Waals surface area contributed by atoms with Crippen LogP contribution in [0.25, 0.3) is 0 Å². The fraction of sp³-hybridized carbons (Fsp3) is 0.800. The van der Waals surface area contributed by atoms with Crippen LogP contribution >= 0.6 is 0 Å². The largest absolute Gasteiger partial charge is 0.343 e. The molecule has 1 fully saturated rings. The molecule has 2 heterocycles. The van der Waals surface area contributed by atoms with E-state index in [4.69, 9.17) is 4.52 Å². The van der Waals surface area contributed by atoms with Gasteiger partial charge in [-0.3, -0.25) is 4.79 Å². The highest BCUT2D eigenvalue weighted by Crippen LogP contribution is 2.12. The zero-order valence-corrected chi connectivity index (χ0v) is 13.1. The van der Waals surface area contributed by atoms with E-state index in [9.17, 15) is 4.79 Å². The van der Waals surface area contributed by atoms with Crippen LogP contribution in [0.3, 0.4) is 0 Å². The number of amides is 1. The lowest BCUT2D eigenvalue weighted by Gasteiger charge is -2.31. The lowest BCUT2D eigenvalue weighted by Crippen LogP contribution is -2.43. The Morgan fingerprint density at radius 1 is 1.38 bits per heavy atom. The van der Waals surface area contributed by atoms with Gasteiger partial charge in [-0.15, -0.1) is 0 Å². The van der Waals surface area contributed by atoms with Gasteiger partial charge in [-0.25, -0.2) is 0 Å². The quantitative estimate of drug-likeness (QED) is 0.826. The van der Waals surface area contributed by atoms with Gasteiger partial charge >= 0.3 is 0 Å². The Hall–Kier alpha value is -1.43. The van der Waals surface area contributed by atoms with Gasteiger partial charge in [0.2, 0.25) is 11.8 Å². The number of aromatic nitrogens is 2. The number of piperidine rings is 1. The van der Waals surface area contributed by atoms with Crippen LogP contribution in [0.1, 0.15) is 50.7 Å². The number of nitrogens with one attached hydrogen (secondary N) is 1. The average molecular weight is 294 g/mol. The fourth-order valence-electron chi connectivity index (χ4n) is 2.68. The lowest BCUT2D eigenvalue weighted by molar-refractivity contribution is -0.132. The summed E-state index contributed by atoms with van der Waals surface area (Å²) >= 11 is 0. The molecule has 1 aliphatic rings. The van der Waals surface area contributed by atoms with Gasteiger partial charge in [-0.05, 0) is 38.8 Å². The Morgan fingerprint density at radius 3 is 2.86 bits per heavy atom. The second-order valence-electron chi connectivity index (χ2n) is 5.69. The average Bonchev–Trinajstić information content (AvgIpc) is 2.95. The van der Waals surface area contributed by atoms with Crippen molar-refractivity contribution in [3.8, 4) is 0 Å². The highest BCUT2D eigenvalue weighted by Gasteiger charge is 2.21. The summed E-state index contributed by atoms with van der Waals surface area (Å²) in [5.41, 5.74) is 0. The molecule has 0 radical (unpaired) electrons. The molecule has 0 atom stereocenters. The molecule has 1 aromatic rings.